The molecule has 0 fully saturated rings. The Balaban J connectivity index is 1.94. The van der Waals surface area contributed by atoms with Gasteiger partial charge in [-0.25, -0.2) is 0 Å². The fourth-order valence-corrected chi connectivity index (χ4v) is 2.23. The summed E-state index contributed by atoms with van der Waals surface area (Å²) in [7, 11) is 0. The van der Waals surface area contributed by atoms with Gasteiger partial charge in [-0.1, -0.05) is 24.3 Å². The van der Waals surface area contributed by atoms with Crippen LogP contribution in [-0.2, 0) is 13.1 Å². The summed E-state index contributed by atoms with van der Waals surface area (Å²) < 4.78 is 0. The van der Waals surface area contributed by atoms with E-state index >= 15 is 0 Å². The van der Waals surface area contributed by atoms with E-state index in [4.69, 9.17) is 0 Å². The van der Waals surface area contributed by atoms with Gasteiger partial charge in [0.15, 0.2) is 0 Å². The molecule has 5 heteroatoms. The molecular weight excluding hydrogens is 268 g/mol. The second kappa shape index (κ2) is 6.37. The molecule has 0 unspecified atom stereocenters. The standard InChI is InChI=1S/C16H18N2O3/c1-11-7-14(8-12(2)16(11)19)10-17-9-13-3-5-15(6-4-13)18(20)21/h3-8,17,19H,9-10H2,1-2H3. The Morgan fingerprint density at radius 1 is 1.05 bits per heavy atom. The number of aromatic hydroxyl groups is 1. The van der Waals surface area contributed by atoms with E-state index in [1.165, 1.54) is 12.1 Å². The molecule has 0 amide bonds. The maximum Gasteiger partial charge on any atom is 0.269 e. The van der Waals surface area contributed by atoms with Crippen molar-refractivity contribution in [3.8, 4) is 5.75 Å². The summed E-state index contributed by atoms with van der Waals surface area (Å²) in [5.74, 6) is 0.342. The van der Waals surface area contributed by atoms with Crippen molar-refractivity contribution < 1.29 is 10.0 Å². The predicted octanol–water partition coefficient (Wildman–Crippen LogP) is 3.21. The predicted molar refractivity (Wildman–Crippen MR) is 81.2 cm³/mol. The van der Waals surface area contributed by atoms with E-state index in [2.05, 4.69) is 5.32 Å². The molecule has 2 aromatic rings. The first kappa shape index (κ1) is 15.0. The monoisotopic (exact) mass is 286 g/mol. The number of phenolic OH excluding ortho intramolecular Hbond substituents is 1. The normalized spacial score (nSPS) is 10.6. The van der Waals surface area contributed by atoms with Crippen molar-refractivity contribution >= 4 is 5.69 Å². The summed E-state index contributed by atoms with van der Waals surface area (Å²) in [5, 5.41) is 23.6. The van der Waals surface area contributed by atoms with Gasteiger partial charge in [0.1, 0.15) is 5.75 Å². The van der Waals surface area contributed by atoms with Gasteiger partial charge in [-0.15, -0.1) is 0 Å². The average molecular weight is 286 g/mol. The van der Waals surface area contributed by atoms with Crippen LogP contribution in [0.4, 0.5) is 5.69 Å². The fourth-order valence-electron chi connectivity index (χ4n) is 2.23. The Bertz CT molecular complexity index is 628. The van der Waals surface area contributed by atoms with Gasteiger partial charge < -0.3 is 10.4 Å². The lowest BCUT2D eigenvalue weighted by Gasteiger charge is -2.09. The van der Waals surface area contributed by atoms with Gasteiger partial charge >= 0.3 is 0 Å². The highest BCUT2D eigenvalue weighted by molar-refractivity contribution is 5.42. The van der Waals surface area contributed by atoms with Gasteiger partial charge in [-0.3, -0.25) is 10.1 Å². The lowest BCUT2D eigenvalue weighted by Crippen LogP contribution is -2.12. The zero-order valence-corrected chi connectivity index (χ0v) is 12.1. The number of hydrogen-bond donors (Lipinski definition) is 2. The zero-order valence-electron chi connectivity index (χ0n) is 12.1. The number of hydrogen-bond acceptors (Lipinski definition) is 4. The van der Waals surface area contributed by atoms with E-state index in [1.807, 2.05) is 26.0 Å². The molecule has 0 bridgehead atoms. The van der Waals surface area contributed by atoms with Crippen molar-refractivity contribution in [2.24, 2.45) is 0 Å². The summed E-state index contributed by atoms with van der Waals surface area (Å²) in [6.07, 6.45) is 0. The molecule has 0 saturated carbocycles. The van der Waals surface area contributed by atoms with Crippen LogP contribution in [0.5, 0.6) is 5.75 Å². The average Bonchev–Trinajstić information content (AvgIpc) is 2.45. The fraction of sp³-hybridized carbons (Fsp3) is 0.250. The summed E-state index contributed by atoms with van der Waals surface area (Å²) in [4.78, 5) is 10.2. The molecule has 0 spiro atoms. The van der Waals surface area contributed by atoms with Crippen LogP contribution >= 0.6 is 0 Å². The van der Waals surface area contributed by atoms with Gasteiger partial charge in [0, 0.05) is 25.2 Å². The minimum absolute atomic E-state index is 0.100. The van der Waals surface area contributed by atoms with Gasteiger partial charge in [-0.2, -0.15) is 0 Å². The SMILES string of the molecule is Cc1cc(CNCc2ccc([N+](=O)[O-])cc2)cc(C)c1O. The lowest BCUT2D eigenvalue weighted by atomic mass is 10.1. The molecule has 21 heavy (non-hydrogen) atoms. The van der Waals surface area contributed by atoms with Crippen LogP contribution in [0.3, 0.4) is 0 Å². The number of nitrogens with one attached hydrogen (secondary N) is 1. The molecule has 0 aliphatic rings. The quantitative estimate of drug-likeness (QED) is 0.653. The molecular formula is C16H18N2O3. The summed E-state index contributed by atoms with van der Waals surface area (Å²) in [6.45, 7) is 5.07. The molecule has 2 N–H and O–H groups in total. The number of non-ortho nitro benzene ring substituents is 1. The number of benzene rings is 2. The number of nitro groups is 1. The van der Waals surface area contributed by atoms with Crippen LogP contribution in [0, 0.1) is 24.0 Å². The second-order valence-electron chi connectivity index (χ2n) is 5.11. The van der Waals surface area contributed by atoms with Crippen LogP contribution in [0.2, 0.25) is 0 Å². The van der Waals surface area contributed by atoms with E-state index in [1.54, 1.807) is 12.1 Å². The molecule has 0 saturated heterocycles. The maximum atomic E-state index is 10.6. The van der Waals surface area contributed by atoms with Gasteiger partial charge in [0.2, 0.25) is 0 Å². The molecule has 0 aliphatic carbocycles. The summed E-state index contributed by atoms with van der Waals surface area (Å²) in [5.41, 5.74) is 3.92. The zero-order chi connectivity index (χ0) is 15.4. The smallest absolute Gasteiger partial charge is 0.269 e. The molecule has 0 radical (unpaired) electrons. The highest BCUT2D eigenvalue weighted by Gasteiger charge is 2.05. The first-order chi connectivity index (χ1) is 9.97. The minimum Gasteiger partial charge on any atom is -0.507 e. The van der Waals surface area contributed by atoms with Gasteiger partial charge in [-0.05, 0) is 36.1 Å². The van der Waals surface area contributed by atoms with E-state index in [9.17, 15) is 15.2 Å². The maximum absolute atomic E-state index is 10.6. The number of aryl methyl sites for hydroxylation is 2. The molecule has 0 aromatic heterocycles. The van der Waals surface area contributed by atoms with Gasteiger partial charge in [0.25, 0.3) is 5.69 Å². The minimum atomic E-state index is -0.404. The molecule has 2 rings (SSSR count). The van der Waals surface area contributed by atoms with Gasteiger partial charge in [0.05, 0.1) is 4.92 Å². The van der Waals surface area contributed by atoms with Crippen LogP contribution in [-0.4, -0.2) is 10.0 Å². The van der Waals surface area contributed by atoms with E-state index in [-0.39, 0.29) is 5.69 Å². The van der Waals surface area contributed by atoms with Crippen LogP contribution in [0.15, 0.2) is 36.4 Å². The Labute approximate surface area is 123 Å². The number of phenols is 1. The number of rotatable bonds is 5. The van der Waals surface area contributed by atoms with Crippen LogP contribution in [0.1, 0.15) is 22.3 Å². The van der Waals surface area contributed by atoms with Crippen molar-refractivity contribution in [3.05, 3.63) is 68.8 Å². The number of nitrogens with zero attached hydrogens (tertiary/aromatic N) is 1. The summed E-state index contributed by atoms with van der Waals surface area (Å²) >= 11 is 0. The first-order valence-corrected chi connectivity index (χ1v) is 6.70. The Kier molecular flexibility index (Phi) is 4.55. The molecule has 0 atom stereocenters. The van der Waals surface area contributed by atoms with Crippen molar-refractivity contribution in [2.75, 3.05) is 0 Å². The van der Waals surface area contributed by atoms with Crippen LogP contribution < -0.4 is 5.32 Å². The van der Waals surface area contributed by atoms with Crippen molar-refractivity contribution in [1.82, 2.24) is 5.32 Å². The largest absolute Gasteiger partial charge is 0.507 e. The highest BCUT2D eigenvalue weighted by atomic mass is 16.6. The third-order valence-electron chi connectivity index (χ3n) is 3.36. The third-order valence-corrected chi connectivity index (χ3v) is 3.36. The van der Waals surface area contributed by atoms with Crippen molar-refractivity contribution in [3.63, 3.8) is 0 Å². The third kappa shape index (κ3) is 3.79. The van der Waals surface area contributed by atoms with Crippen LogP contribution in [0.25, 0.3) is 0 Å². The Morgan fingerprint density at radius 3 is 2.10 bits per heavy atom. The van der Waals surface area contributed by atoms with Crippen molar-refractivity contribution in [1.29, 1.82) is 0 Å². The Hall–Kier alpha value is -2.40. The molecule has 110 valence electrons. The van der Waals surface area contributed by atoms with E-state index < -0.39 is 4.92 Å². The van der Waals surface area contributed by atoms with E-state index in [0.717, 1.165) is 22.3 Å². The second-order valence-corrected chi connectivity index (χ2v) is 5.11. The molecule has 5 nitrogen and oxygen atoms in total. The molecule has 2 aromatic carbocycles. The Morgan fingerprint density at radius 2 is 1.57 bits per heavy atom. The van der Waals surface area contributed by atoms with Crippen molar-refractivity contribution in [2.45, 2.75) is 26.9 Å². The molecule has 0 heterocycles. The number of nitro benzene ring substituents is 1. The lowest BCUT2D eigenvalue weighted by molar-refractivity contribution is -0.384. The topological polar surface area (TPSA) is 75.4 Å². The summed E-state index contributed by atoms with van der Waals surface area (Å²) in [6, 6.07) is 10.4. The first-order valence-electron chi connectivity index (χ1n) is 6.70. The van der Waals surface area contributed by atoms with E-state index in [0.29, 0.717) is 18.8 Å². The molecule has 0 aliphatic heterocycles. The highest BCUT2D eigenvalue weighted by Crippen LogP contribution is 2.22.